The largest absolute Gasteiger partial charge is 0.388 e. The van der Waals surface area contributed by atoms with Crippen LogP contribution in [0.3, 0.4) is 0 Å². The van der Waals surface area contributed by atoms with Crippen molar-refractivity contribution in [1.29, 1.82) is 0 Å². The van der Waals surface area contributed by atoms with Gasteiger partial charge in [-0.1, -0.05) is 26.7 Å². The Kier molecular flexibility index (Phi) is 12.9. The molecule has 1 unspecified atom stereocenters. The van der Waals surface area contributed by atoms with Crippen LogP contribution in [0.2, 0.25) is 0 Å². The van der Waals surface area contributed by atoms with Gasteiger partial charge >= 0.3 is 0 Å². The molecule has 166 valence electrons. The van der Waals surface area contributed by atoms with Crippen molar-refractivity contribution in [1.82, 2.24) is 15.5 Å². The molecule has 0 amide bonds. The first kappa shape index (κ1) is 25.9. The summed E-state index contributed by atoms with van der Waals surface area (Å²) in [6.45, 7) is 13.6. The topological polar surface area (TPSA) is 78.4 Å². The van der Waals surface area contributed by atoms with Gasteiger partial charge in [0.15, 0.2) is 5.96 Å². The predicted octanol–water partition coefficient (Wildman–Crippen LogP) is 1.84. The molecule has 2 aliphatic rings. The summed E-state index contributed by atoms with van der Waals surface area (Å²) in [5.41, 5.74) is -0.737. The molecule has 0 bridgehead atoms. The van der Waals surface area contributed by atoms with Crippen LogP contribution in [-0.4, -0.2) is 86.8 Å². The number of morpholine rings is 1. The number of aliphatic hydroxyl groups is 1. The third-order valence-corrected chi connectivity index (χ3v) is 5.89. The number of hydrogen-bond acceptors (Lipinski definition) is 5. The second kappa shape index (κ2) is 14.0. The van der Waals surface area contributed by atoms with Gasteiger partial charge in [-0.15, -0.1) is 24.0 Å². The Morgan fingerprint density at radius 3 is 2.21 bits per heavy atom. The van der Waals surface area contributed by atoms with Gasteiger partial charge in [-0.05, 0) is 12.8 Å². The molecular weight excluding hydrogens is 471 g/mol. The maximum Gasteiger partial charge on any atom is 0.191 e. The van der Waals surface area contributed by atoms with Crippen molar-refractivity contribution in [2.75, 3.05) is 59.2 Å². The van der Waals surface area contributed by atoms with Crippen molar-refractivity contribution in [3.05, 3.63) is 0 Å². The van der Waals surface area contributed by atoms with Gasteiger partial charge in [-0.25, -0.2) is 0 Å². The number of hydrogen-bond donors (Lipinski definition) is 3. The van der Waals surface area contributed by atoms with Gasteiger partial charge in [0.05, 0.1) is 25.4 Å². The van der Waals surface area contributed by atoms with E-state index < -0.39 is 5.60 Å². The second-order valence-electron chi connectivity index (χ2n) is 7.71. The molecule has 0 aromatic rings. The maximum absolute atomic E-state index is 10.7. The highest BCUT2D eigenvalue weighted by atomic mass is 127. The van der Waals surface area contributed by atoms with E-state index in [-0.39, 0.29) is 24.0 Å². The number of aliphatic imine (C=N–C) groups is 1. The van der Waals surface area contributed by atoms with Crippen LogP contribution >= 0.6 is 24.0 Å². The van der Waals surface area contributed by atoms with Crippen LogP contribution in [0.15, 0.2) is 4.99 Å². The van der Waals surface area contributed by atoms with Gasteiger partial charge in [0, 0.05) is 58.3 Å². The zero-order chi connectivity index (χ0) is 19.5. The van der Waals surface area contributed by atoms with E-state index in [1.54, 1.807) is 0 Å². The molecule has 2 saturated heterocycles. The molecule has 2 aliphatic heterocycles. The second-order valence-corrected chi connectivity index (χ2v) is 7.71. The van der Waals surface area contributed by atoms with Crippen LogP contribution in [-0.2, 0) is 9.47 Å². The fourth-order valence-corrected chi connectivity index (χ4v) is 4.01. The Morgan fingerprint density at radius 1 is 1.04 bits per heavy atom. The first-order chi connectivity index (χ1) is 13.1. The minimum atomic E-state index is -0.737. The van der Waals surface area contributed by atoms with Crippen molar-refractivity contribution in [3.63, 3.8) is 0 Å². The Hall–Kier alpha value is -0.160. The molecule has 8 heteroatoms. The third-order valence-electron chi connectivity index (χ3n) is 5.89. The lowest BCUT2D eigenvalue weighted by Crippen LogP contribution is -2.53. The molecule has 3 N–H and O–H groups in total. The zero-order valence-corrected chi connectivity index (χ0v) is 20.2. The lowest BCUT2D eigenvalue weighted by atomic mass is 9.92. The fraction of sp³-hybridized carbons (Fsp3) is 0.950. The molecule has 0 radical (unpaired) electrons. The van der Waals surface area contributed by atoms with Crippen molar-refractivity contribution in [2.45, 2.75) is 58.1 Å². The maximum atomic E-state index is 10.7. The number of rotatable bonds is 9. The normalized spacial score (nSPS) is 21.8. The third kappa shape index (κ3) is 8.30. The van der Waals surface area contributed by atoms with Crippen molar-refractivity contribution in [2.24, 2.45) is 10.9 Å². The monoisotopic (exact) mass is 512 g/mol. The van der Waals surface area contributed by atoms with E-state index in [1.165, 1.54) is 12.8 Å². The molecule has 0 aliphatic carbocycles. The minimum Gasteiger partial charge on any atom is -0.388 e. The zero-order valence-electron chi connectivity index (χ0n) is 17.9. The summed E-state index contributed by atoms with van der Waals surface area (Å²) in [7, 11) is 0. The Bertz CT molecular complexity index is 437. The highest BCUT2D eigenvalue weighted by Gasteiger charge is 2.30. The van der Waals surface area contributed by atoms with Gasteiger partial charge < -0.3 is 25.2 Å². The molecule has 0 saturated carbocycles. The summed E-state index contributed by atoms with van der Waals surface area (Å²) in [5, 5.41) is 17.5. The first-order valence-corrected chi connectivity index (χ1v) is 10.8. The number of halogens is 1. The van der Waals surface area contributed by atoms with E-state index in [1.807, 2.05) is 0 Å². The number of guanidine groups is 1. The first-order valence-electron chi connectivity index (χ1n) is 10.8. The van der Waals surface area contributed by atoms with Gasteiger partial charge in [0.25, 0.3) is 0 Å². The Labute approximate surface area is 188 Å². The lowest BCUT2D eigenvalue weighted by Gasteiger charge is -2.39. The van der Waals surface area contributed by atoms with Crippen LogP contribution in [0.1, 0.15) is 46.5 Å². The van der Waals surface area contributed by atoms with Gasteiger partial charge in [-0.3, -0.25) is 9.89 Å². The average Bonchev–Trinajstić information content (AvgIpc) is 2.70. The highest BCUT2D eigenvalue weighted by Crippen LogP contribution is 2.21. The molecule has 0 spiro atoms. The summed E-state index contributed by atoms with van der Waals surface area (Å²) in [5.74, 6) is 1.44. The number of nitrogens with zero attached hydrogens (tertiary/aromatic N) is 2. The van der Waals surface area contributed by atoms with Crippen LogP contribution in [0.4, 0.5) is 0 Å². The molecule has 2 fully saturated rings. The summed E-state index contributed by atoms with van der Waals surface area (Å²) < 4.78 is 10.9. The van der Waals surface area contributed by atoms with E-state index in [4.69, 9.17) is 9.47 Å². The molecule has 28 heavy (non-hydrogen) atoms. The molecule has 1 atom stereocenters. The van der Waals surface area contributed by atoms with E-state index in [9.17, 15) is 5.11 Å². The number of nitrogens with one attached hydrogen (secondary N) is 2. The van der Waals surface area contributed by atoms with E-state index in [0.717, 1.165) is 45.4 Å². The predicted molar refractivity (Wildman–Crippen MR) is 125 cm³/mol. The summed E-state index contributed by atoms with van der Waals surface area (Å²) in [6.07, 6.45) is 3.65. The van der Waals surface area contributed by atoms with Crippen molar-refractivity contribution < 1.29 is 14.6 Å². The molecule has 2 heterocycles. The van der Waals surface area contributed by atoms with Gasteiger partial charge in [0.2, 0.25) is 0 Å². The molecule has 7 nitrogen and oxygen atoms in total. The number of ether oxygens (including phenoxy) is 2. The smallest absolute Gasteiger partial charge is 0.191 e. The van der Waals surface area contributed by atoms with Gasteiger partial charge in [-0.2, -0.15) is 0 Å². The van der Waals surface area contributed by atoms with Crippen LogP contribution < -0.4 is 10.6 Å². The summed E-state index contributed by atoms with van der Waals surface area (Å²) in [6, 6.07) is 0.471. The standard InChI is InChI=1S/C20H40N4O3.HI/c1-4-17(5-2)18(24-9-13-27-14-10-24)15-22-19(21-6-3)23-16-20(25)7-11-26-12-8-20;/h17-18,25H,4-16H2,1-3H3,(H2,21,22,23);1H. The SMILES string of the molecule is CCNC(=NCC1(O)CCOCC1)NCC(C(CC)CC)N1CCOCC1.I. The summed E-state index contributed by atoms with van der Waals surface area (Å²) >= 11 is 0. The van der Waals surface area contributed by atoms with E-state index in [0.29, 0.717) is 44.6 Å². The van der Waals surface area contributed by atoms with Crippen molar-refractivity contribution >= 4 is 29.9 Å². The molecular formula is C20H41IN4O3. The molecule has 0 aromatic carbocycles. The quantitative estimate of drug-likeness (QED) is 0.249. The summed E-state index contributed by atoms with van der Waals surface area (Å²) in [4.78, 5) is 7.24. The Balaban J connectivity index is 0.00000392. The van der Waals surface area contributed by atoms with E-state index >= 15 is 0 Å². The van der Waals surface area contributed by atoms with Crippen LogP contribution in [0, 0.1) is 5.92 Å². The lowest BCUT2D eigenvalue weighted by molar-refractivity contribution is -0.0566. The highest BCUT2D eigenvalue weighted by molar-refractivity contribution is 14.0. The van der Waals surface area contributed by atoms with E-state index in [2.05, 4.69) is 41.3 Å². The fourth-order valence-electron chi connectivity index (χ4n) is 4.01. The van der Waals surface area contributed by atoms with Crippen molar-refractivity contribution in [3.8, 4) is 0 Å². The average molecular weight is 512 g/mol. The minimum absolute atomic E-state index is 0. The van der Waals surface area contributed by atoms with Crippen LogP contribution in [0.5, 0.6) is 0 Å². The van der Waals surface area contributed by atoms with Gasteiger partial charge in [0.1, 0.15) is 0 Å². The van der Waals surface area contributed by atoms with Crippen LogP contribution in [0.25, 0.3) is 0 Å². The Morgan fingerprint density at radius 2 is 1.64 bits per heavy atom. The molecule has 0 aromatic heterocycles. The molecule has 2 rings (SSSR count).